The van der Waals surface area contributed by atoms with Crippen molar-refractivity contribution < 1.29 is 4.79 Å². The molecule has 0 radical (unpaired) electrons. The summed E-state index contributed by atoms with van der Waals surface area (Å²) in [5.74, 6) is 0.296. The van der Waals surface area contributed by atoms with Crippen LogP contribution in [0.2, 0.25) is 0 Å². The minimum Gasteiger partial charge on any atom is -0.339 e. The van der Waals surface area contributed by atoms with Gasteiger partial charge in [-0.1, -0.05) is 54.6 Å². The van der Waals surface area contributed by atoms with Crippen molar-refractivity contribution in [2.24, 2.45) is 13.0 Å². The number of rotatable bonds is 5. The third-order valence-corrected chi connectivity index (χ3v) is 6.11. The van der Waals surface area contributed by atoms with Crippen LogP contribution in [0.15, 0.2) is 67.0 Å². The second kappa shape index (κ2) is 9.45. The van der Waals surface area contributed by atoms with E-state index >= 15 is 0 Å². The fourth-order valence-corrected chi connectivity index (χ4v) is 4.18. The van der Waals surface area contributed by atoms with Crippen molar-refractivity contribution in [1.29, 1.82) is 0 Å². The van der Waals surface area contributed by atoms with Gasteiger partial charge in [0.15, 0.2) is 0 Å². The molecular formula is C24H29ClN4O. The van der Waals surface area contributed by atoms with E-state index in [0.717, 1.165) is 17.7 Å². The van der Waals surface area contributed by atoms with Crippen molar-refractivity contribution in [3.8, 4) is 11.1 Å². The molecule has 1 amide bonds. The maximum Gasteiger partial charge on any atom is 0.227 e. The van der Waals surface area contributed by atoms with Crippen molar-refractivity contribution in [1.82, 2.24) is 20.0 Å². The van der Waals surface area contributed by atoms with Crippen LogP contribution in [0.5, 0.6) is 0 Å². The lowest BCUT2D eigenvalue weighted by Gasteiger charge is -2.29. The molecule has 4 rings (SSSR count). The first-order valence-electron chi connectivity index (χ1n) is 10.2. The Morgan fingerprint density at radius 1 is 1.10 bits per heavy atom. The second-order valence-corrected chi connectivity index (χ2v) is 7.93. The van der Waals surface area contributed by atoms with E-state index in [1.807, 2.05) is 49.6 Å². The van der Waals surface area contributed by atoms with E-state index in [1.54, 1.807) is 4.68 Å². The van der Waals surface area contributed by atoms with Gasteiger partial charge in [0.25, 0.3) is 0 Å². The monoisotopic (exact) mass is 424 g/mol. The van der Waals surface area contributed by atoms with E-state index in [2.05, 4.69) is 53.7 Å². The Bertz CT molecular complexity index is 970. The van der Waals surface area contributed by atoms with Crippen LogP contribution in [0.4, 0.5) is 0 Å². The second-order valence-electron chi connectivity index (χ2n) is 7.93. The van der Waals surface area contributed by atoms with Crippen LogP contribution in [0, 0.1) is 5.92 Å². The predicted octanol–water partition coefficient (Wildman–Crippen LogP) is 4.03. The minimum absolute atomic E-state index is 0. The summed E-state index contributed by atoms with van der Waals surface area (Å²) in [6, 6.07) is 18.9. The lowest BCUT2D eigenvalue weighted by molar-refractivity contribution is -0.136. The Kier molecular flexibility index (Phi) is 6.95. The van der Waals surface area contributed by atoms with Crippen LogP contribution in [0.25, 0.3) is 11.1 Å². The van der Waals surface area contributed by atoms with Crippen molar-refractivity contribution in [3.63, 3.8) is 0 Å². The van der Waals surface area contributed by atoms with Crippen molar-refractivity contribution in [2.75, 3.05) is 20.1 Å². The highest BCUT2D eigenvalue weighted by atomic mass is 35.5. The first-order chi connectivity index (χ1) is 14.0. The van der Waals surface area contributed by atoms with Gasteiger partial charge in [-0.25, -0.2) is 0 Å². The Morgan fingerprint density at radius 2 is 1.77 bits per heavy atom. The third-order valence-electron chi connectivity index (χ3n) is 6.11. The summed E-state index contributed by atoms with van der Waals surface area (Å²) in [6.45, 7) is 3.62. The molecule has 158 valence electrons. The van der Waals surface area contributed by atoms with E-state index in [1.165, 1.54) is 11.1 Å². The molecule has 0 bridgehead atoms. The standard InChI is InChI=1S/C24H28N4O.ClH/c1-17(18-9-11-20(12-10-18)19-7-5-4-6-8-19)28(3)24(29)23-15-25-14-22(23)21-13-26-27(2)16-21;/h4-13,16-17,22-23,25H,14-15H2,1-3H3;1H/t17?,22-,23+;/m1./s1. The van der Waals surface area contributed by atoms with E-state index < -0.39 is 0 Å². The molecule has 2 heterocycles. The van der Waals surface area contributed by atoms with Gasteiger partial charge in [-0.2, -0.15) is 5.10 Å². The fraction of sp³-hybridized carbons (Fsp3) is 0.333. The average Bonchev–Trinajstić information content (AvgIpc) is 3.42. The molecule has 1 saturated heterocycles. The molecular weight excluding hydrogens is 396 g/mol. The number of carbonyl (C=O) groups excluding carboxylic acids is 1. The summed E-state index contributed by atoms with van der Waals surface area (Å²) in [4.78, 5) is 15.2. The lowest BCUT2D eigenvalue weighted by Crippen LogP contribution is -2.37. The van der Waals surface area contributed by atoms with Crippen LogP contribution in [-0.2, 0) is 11.8 Å². The topological polar surface area (TPSA) is 50.2 Å². The van der Waals surface area contributed by atoms with Gasteiger partial charge in [-0.15, -0.1) is 12.4 Å². The van der Waals surface area contributed by atoms with E-state index in [9.17, 15) is 4.79 Å². The van der Waals surface area contributed by atoms with Gasteiger partial charge >= 0.3 is 0 Å². The highest BCUT2D eigenvalue weighted by molar-refractivity contribution is 5.85. The summed E-state index contributed by atoms with van der Waals surface area (Å²) in [6.07, 6.45) is 3.90. The summed E-state index contributed by atoms with van der Waals surface area (Å²) in [5, 5.41) is 7.67. The zero-order chi connectivity index (χ0) is 20.4. The molecule has 1 fully saturated rings. The maximum atomic E-state index is 13.3. The van der Waals surface area contributed by atoms with E-state index in [4.69, 9.17) is 0 Å². The number of benzene rings is 2. The molecule has 5 nitrogen and oxygen atoms in total. The number of aryl methyl sites for hydroxylation is 1. The van der Waals surface area contributed by atoms with Gasteiger partial charge in [0, 0.05) is 39.3 Å². The maximum absolute atomic E-state index is 13.3. The number of nitrogens with zero attached hydrogens (tertiary/aromatic N) is 3. The summed E-state index contributed by atoms with van der Waals surface area (Å²) in [7, 11) is 3.83. The fourth-order valence-electron chi connectivity index (χ4n) is 4.18. The number of hydrogen-bond donors (Lipinski definition) is 1. The Hall–Kier alpha value is -2.63. The molecule has 1 unspecified atom stereocenters. The number of amides is 1. The summed E-state index contributed by atoms with van der Waals surface area (Å²) >= 11 is 0. The molecule has 2 aromatic carbocycles. The molecule has 1 N–H and O–H groups in total. The first-order valence-corrected chi connectivity index (χ1v) is 10.2. The van der Waals surface area contributed by atoms with Gasteiger partial charge < -0.3 is 10.2 Å². The van der Waals surface area contributed by atoms with Crippen LogP contribution >= 0.6 is 12.4 Å². The van der Waals surface area contributed by atoms with Crippen molar-refractivity contribution in [2.45, 2.75) is 18.9 Å². The molecule has 0 aliphatic carbocycles. The third kappa shape index (κ3) is 4.42. The summed E-state index contributed by atoms with van der Waals surface area (Å²) < 4.78 is 1.80. The zero-order valence-electron chi connectivity index (χ0n) is 17.7. The lowest BCUT2D eigenvalue weighted by atomic mass is 9.89. The number of halogens is 1. The van der Waals surface area contributed by atoms with Crippen molar-refractivity contribution in [3.05, 3.63) is 78.1 Å². The van der Waals surface area contributed by atoms with Gasteiger partial charge in [-0.05, 0) is 29.2 Å². The molecule has 1 aromatic heterocycles. The van der Waals surface area contributed by atoms with Gasteiger partial charge in [-0.3, -0.25) is 9.48 Å². The highest BCUT2D eigenvalue weighted by Gasteiger charge is 2.37. The minimum atomic E-state index is -0.0600. The normalized spacial score (nSPS) is 19.2. The van der Waals surface area contributed by atoms with Crippen LogP contribution in [0.3, 0.4) is 0 Å². The Morgan fingerprint density at radius 3 is 2.40 bits per heavy atom. The largest absolute Gasteiger partial charge is 0.339 e. The Balaban J connectivity index is 0.00000256. The number of hydrogen-bond acceptors (Lipinski definition) is 3. The molecule has 30 heavy (non-hydrogen) atoms. The molecule has 6 heteroatoms. The quantitative estimate of drug-likeness (QED) is 0.672. The Labute approximate surface area is 184 Å². The van der Waals surface area contributed by atoms with Crippen LogP contribution in [-0.4, -0.2) is 40.7 Å². The van der Waals surface area contributed by atoms with Crippen LogP contribution < -0.4 is 5.32 Å². The molecule has 0 saturated carbocycles. The molecule has 3 atom stereocenters. The number of aromatic nitrogens is 2. The smallest absolute Gasteiger partial charge is 0.227 e. The highest BCUT2D eigenvalue weighted by Crippen LogP contribution is 2.32. The van der Waals surface area contributed by atoms with Gasteiger partial charge in [0.05, 0.1) is 18.2 Å². The number of nitrogens with one attached hydrogen (secondary N) is 1. The molecule has 0 spiro atoms. The number of carbonyl (C=O) groups is 1. The molecule has 1 aliphatic heterocycles. The van der Waals surface area contributed by atoms with E-state index in [0.29, 0.717) is 6.54 Å². The summed E-state index contributed by atoms with van der Waals surface area (Å²) in [5.41, 5.74) is 4.66. The zero-order valence-corrected chi connectivity index (χ0v) is 18.5. The predicted molar refractivity (Wildman–Crippen MR) is 123 cm³/mol. The molecule has 1 aliphatic rings. The average molecular weight is 425 g/mol. The van der Waals surface area contributed by atoms with Gasteiger partial charge in [0.2, 0.25) is 5.91 Å². The SMILES string of the molecule is CC(c1ccc(-c2ccccc2)cc1)N(C)C(=O)[C@H]1CNC[C@@H]1c1cnn(C)c1.Cl. The van der Waals surface area contributed by atoms with E-state index in [-0.39, 0.29) is 36.2 Å². The molecule has 3 aromatic rings. The first kappa shape index (κ1) is 22.1. The van der Waals surface area contributed by atoms with Gasteiger partial charge in [0.1, 0.15) is 0 Å². The van der Waals surface area contributed by atoms with Crippen molar-refractivity contribution >= 4 is 18.3 Å². The van der Waals surface area contributed by atoms with Crippen LogP contribution in [0.1, 0.15) is 30.0 Å².